The Morgan fingerprint density at radius 1 is 1.19 bits per heavy atom. The quantitative estimate of drug-likeness (QED) is 0.373. The number of carbonyl (C=O) groups excluding carboxylic acids is 3. The topological polar surface area (TPSA) is 121 Å². The van der Waals surface area contributed by atoms with Gasteiger partial charge in [-0.15, -0.1) is 0 Å². The lowest BCUT2D eigenvalue weighted by atomic mass is 9.97. The molecule has 0 bridgehead atoms. The normalized spacial score (nSPS) is 16.9. The van der Waals surface area contributed by atoms with Crippen LogP contribution >= 0.6 is 11.8 Å². The molecule has 0 fully saturated rings. The number of amidine groups is 1. The molecule has 0 saturated carbocycles. The molecule has 1 rings (SSSR count). The predicted octanol–water partition coefficient (Wildman–Crippen LogP) is 2.02. The van der Waals surface area contributed by atoms with Gasteiger partial charge in [0.05, 0.1) is 0 Å². The van der Waals surface area contributed by atoms with Crippen LogP contribution in [0.2, 0.25) is 0 Å². The minimum Gasteiger partial charge on any atom is -0.444 e. The van der Waals surface area contributed by atoms with E-state index < -0.39 is 29.7 Å². The predicted molar refractivity (Wildman–Crippen MR) is 125 cm³/mol. The van der Waals surface area contributed by atoms with Gasteiger partial charge in [0, 0.05) is 25.9 Å². The summed E-state index contributed by atoms with van der Waals surface area (Å²) >= 11 is 1.69. The van der Waals surface area contributed by atoms with Crippen LogP contribution in [-0.4, -0.2) is 66.7 Å². The zero-order valence-electron chi connectivity index (χ0n) is 19.7. The molecule has 0 radical (unpaired) electrons. The first-order chi connectivity index (χ1) is 14.6. The Morgan fingerprint density at radius 3 is 2.45 bits per heavy atom. The van der Waals surface area contributed by atoms with Crippen LogP contribution in [-0.2, 0) is 14.3 Å². The highest BCUT2D eigenvalue weighted by Gasteiger charge is 2.30. The van der Waals surface area contributed by atoms with E-state index in [4.69, 9.17) is 4.74 Å². The van der Waals surface area contributed by atoms with E-state index in [9.17, 15) is 14.4 Å². The van der Waals surface area contributed by atoms with Crippen LogP contribution < -0.4 is 21.3 Å². The maximum atomic E-state index is 13.0. The highest BCUT2D eigenvalue weighted by atomic mass is 32.2. The van der Waals surface area contributed by atoms with E-state index in [1.807, 2.05) is 13.8 Å². The number of nitrogens with zero attached hydrogens (tertiary/aromatic N) is 1. The molecule has 0 aliphatic carbocycles. The number of rotatable bonds is 10. The summed E-state index contributed by atoms with van der Waals surface area (Å²) in [5.41, 5.74) is -0.676. The van der Waals surface area contributed by atoms with Crippen molar-refractivity contribution in [2.24, 2.45) is 10.9 Å². The third-order valence-corrected chi connectivity index (χ3v) is 5.83. The third kappa shape index (κ3) is 10.8. The first-order valence-electron chi connectivity index (χ1n) is 11.0. The number of aliphatic imine (C=N–C) groups is 1. The summed E-state index contributed by atoms with van der Waals surface area (Å²) in [6, 6.07) is -1.48. The van der Waals surface area contributed by atoms with Gasteiger partial charge in [-0.1, -0.05) is 32.0 Å². The largest absolute Gasteiger partial charge is 0.444 e. The molecule has 3 amide bonds. The Bertz CT molecular complexity index is 636. The summed E-state index contributed by atoms with van der Waals surface area (Å²) < 4.78 is 5.31. The Morgan fingerprint density at radius 2 is 1.90 bits per heavy atom. The fourth-order valence-electron chi connectivity index (χ4n) is 2.90. The molecule has 0 unspecified atom stereocenters. The lowest BCUT2D eigenvalue weighted by molar-refractivity contribution is -0.131. The molecule has 1 heterocycles. The summed E-state index contributed by atoms with van der Waals surface area (Å²) in [6.07, 6.45) is 2.19. The van der Waals surface area contributed by atoms with Crippen molar-refractivity contribution in [3.63, 3.8) is 0 Å². The fourth-order valence-corrected chi connectivity index (χ4v) is 3.75. The molecule has 178 valence electrons. The molecule has 4 N–H and O–H groups in total. The number of hydrogen-bond acceptors (Lipinski definition) is 7. The number of likely N-dealkylation sites (N-methyl/N-ethyl adjacent to an activating group) is 1. The maximum Gasteiger partial charge on any atom is 0.408 e. The summed E-state index contributed by atoms with van der Waals surface area (Å²) in [6.45, 7) is 10.6. The van der Waals surface area contributed by atoms with E-state index in [1.54, 1.807) is 32.5 Å². The summed E-state index contributed by atoms with van der Waals surface area (Å²) in [7, 11) is 1.54. The number of ether oxygens (including phenoxy) is 1. The van der Waals surface area contributed by atoms with Crippen LogP contribution in [0.4, 0.5) is 4.79 Å². The maximum absolute atomic E-state index is 13.0. The van der Waals surface area contributed by atoms with Gasteiger partial charge in [-0.3, -0.25) is 14.6 Å². The van der Waals surface area contributed by atoms with Crippen molar-refractivity contribution in [1.82, 2.24) is 21.3 Å². The fraction of sp³-hybridized carbons (Fsp3) is 0.810. The van der Waals surface area contributed by atoms with Gasteiger partial charge in [0.25, 0.3) is 0 Å². The molecule has 9 nitrogen and oxygen atoms in total. The Labute approximate surface area is 190 Å². The number of carbonyl (C=O) groups is 3. The van der Waals surface area contributed by atoms with Crippen LogP contribution in [0.25, 0.3) is 0 Å². The Kier molecular flexibility index (Phi) is 11.7. The van der Waals surface area contributed by atoms with Crippen molar-refractivity contribution in [3.05, 3.63) is 0 Å². The van der Waals surface area contributed by atoms with Gasteiger partial charge in [0.15, 0.2) is 5.17 Å². The SMILES string of the molecule is CC[C@H](C)[C@H](NC(=O)[C@H](CCCNC1=NCCCS1)NC(=O)OC(C)(C)C)C(=O)NC. The van der Waals surface area contributed by atoms with Crippen molar-refractivity contribution in [2.45, 2.75) is 78.0 Å². The second kappa shape index (κ2) is 13.4. The van der Waals surface area contributed by atoms with Crippen molar-refractivity contribution in [1.29, 1.82) is 0 Å². The highest BCUT2D eigenvalue weighted by molar-refractivity contribution is 8.13. The standard InChI is InChI=1S/C21H39N5O4S/c1-7-14(2)16(18(28)22-6)26-17(27)15(25-20(29)30-21(3,4)5)10-8-11-23-19-24-12-9-13-31-19/h14-16H,7-13H2,1-6H3,(H,22,28)(H,23,24)(H,25,29)(H,26,27)/t14-,15-,16-/m0/s1. The van der Waals surface area contributed by atoms with Crippen molar-refractivity contribution in [2.75, 3.05) is 25.9 Å². The van der Waals surface area contributed by atoms with Gasteiger partial charge in [0.1, 0.15) is 17.7 Å². The molecule has 0 aromatic carbocycles. The van der Waals surface area contributed by atoms with Gasteiger partial charge in [-0.25, -0.2) is 4.79 Å². The number of alkyl carbamates (subject to hydrolysis) is 1. The number of hydrogen-bond donors (Lipinski definition) is 4. The lowest BCUT2D eigenvalue weighted by Crippen LogP contribution is -2.55. The smallest absolute Gasteiger partial charge is 0.408 e. The summed E-state index contributed by atoms with van der Waals surface area (Å²) in [5, 5.41) is 12.3. The van der Waals surface area contributed by atoms with Gasteiger partial charge in [0.2, 0.25) is 11.8 Å². The molecule has 0 aromatic heterocycles. The van der Waals surface area contributed by atoms with Crippen molar-refractivity contribution < 1.29 is 19.1 Å². The Hall–Kier alpha value is -1.97. The van der Waals surface area contributed by atoms with E-state index in [0.717, 1.165) is 30.3 Å². The van der Waals surface area contributed by atoms with Crippen LogP contribution in [0.5, 0.6) is 0 Å². The second-order valence-electron chi connectivity index (χ2n) is 8.64. The molecule has 3 atom stereocenters. The van der Waals surface area contributed by atoms with Gasteiger partial charge in [-0.05, 0) is 46.0 Å². The number of amides is 3. The average molecular weight is 458 g/mol. The molecule has 1 aliphatic rings. The van der Waals surface area contributed by atoms with Crippen LogP contribution in [0.1, 0.15) is 60.3 Å². The first kappa shape index (κ1) is 27.1. The van der Waals surface area contributed by atoms with E-state index in [0.29, 0.717) is 19.4 Å². The average Bonchev–Trinajstić information content (AvgIpc) is 2.72. The van der Waals surface area contributed by atoms with Gasteiger partial charge in [-0.2, -0.15) is 0 Å². The minimum absolute atomic E-state index is 0.0471. The lowest BCUT2D eigenvalue weighted by Gasteiger charge is -2.27. The second-order valence-corrected chi connectivity index (χ2v) is 9.73. The van der Waals surface area contributed by atoms with Crippen LogP contribution in [0, 0.1) is 5.92 Å². The van der Waals surface area contributed by atoms with Crippen LogP contribution in [0.15, 0.2) is 4.99 Å². The number of thioether (sulfide) groups is 1. The van der Waals surface area contributed by atoms with E-state index in [1.165, 1.54) is 7.05 Å². The summed E-state index contributed by atoms with van der Waals surface area (Å²) in [4.78, 5) is 41.9. The zero-order valence-corrected chi connectivity index (χ0v) is 20.5. The molecule has 31 heavy (non-hydrogen) atoms. The van der Waals surface area contributed by atoms with Gasteiger partial charge >= 0.3 is 6.09 Å². The van der Waals surface area contributed by atoms with E-state index in [-0.39, 0.29) is 11.8 Å². The molecule has 10 heteroatoms. The van der Waals surface area contributed by atoms with Gasteiger partial charge < -0.3 is 26.0 Å². The van der Waals surface area contributed by atoms with E-state index in [2.05, 4.69) is 26.3 Å². The monoisotopic (exact) mass is 457 g/mol. The molecular weight excluding hydrogens is 418 g/mol. The molecule has 0 aromatic rings. The van der Waals surface area contributed by atoms with Crippen molar-refractivity contribution >= 4 is 34.8 Å². The molecule has 0 spiro atoms. The zero-order chi connectivity index (χ0) is 23.4. The minimum atomic E-state index is -0.811. The third-order valence-electron chi connectivity index (χ3n) is 4.79. The van der Waals surface area contributed by atoms with E-state index >= 15 is 0 Å². The number of nitrogens with one attached hydrogen (secondary N) is 4. The first-order valence-corrected chi connectivity index (χ1v) is 12.0. The molecule has 0 saturated heterocycles. The summed E-state index contributed by atoms with van der Waals surface area (Å²) in [5.74, 6) is 0.346. The molecular formula is C21H39N5O4S. The van der Waals surface area contributed by atoms with Crippen molar-refractivity contribution in [3.8, 4) is 0 Å². The van der Waals surface area contributed by atoms with Crippen LogP contribution in [0.3, 0.4) is 0 Å². The Balaban J connectivity index is 2.76. The molecule has 1 aliphatic heterocycles. The highest BCUT2D eigenvalue weighted by Crippen LogP contribution is 2.12.